The zero-order valence-corrected chi connectivity index (χ0v) is 39.7. The summed E-state index contributed by atoms with van der Waals surface area (Å²) in [5, 5.41) is 4.72. The predicted molar refractivity (Wildman–Crippen MR) is 290 cm³/mol. The van der Waals surface area contributed by atoms with Crippen molar-refractivity contribution < 1.29 is 4.42 Å². The maximum Gasteiger partial charge on any atom is 0.136 e. The van der Waals surface area contributed by atoms with Crippen molar-refractivity contribution in [3.8, 4) is 55.6 Å². The summed E-state index contributed by atoms with van der Waals surface area (Å²) in [5.74, 6) is 0. The minimum Gasteiger partial charge on any atom is -0.456 e. The molecule has 0 saturated carbocycles. The molecule has 10 aromatic carbocycles. The molecule has 0 fully saturated rings. The van der Waals surface area contributed by atoms with Gasteiger partial charge in [0, 0.05) is 27.6 Å². The molecule has 0 amide bonds. The van der Waals surface area contributed by atoms with Gasteiger partial charge >= 0.3 is 0 Å². The van der Waals surface area contributed by atoms with Crippen LogP contribution < -0.4 is 4.90 Å². The fraction of sp³-hybridized carbons (Fsp3) is 0.121. The van der Waals surface area contributed by atoms with E-state index in [0.717, 1.165) is 66.8 Å². The Hall–Kier alpha value is -7.94. The Balaban J connectivity index is 1.12. The van der Waals surface area contributed by atoms with E-state index < -0.39 is 0 Å². The first-order chi connectivity index (χ1) is 33.0. The van der Waals surface area contributed by atoms with Crippen LogP contribution in [-0.2, 0) is 10.8 Å². The Bertz CT molecular complexity index is 3580. The molecule has 1 aromatic heterocycles. The SMILES string of the molecule is CC(C)(C)c1cc(-c2cccc3cccc(-c4ccccc4N(c4ccc(-c5cccc6oc7ccccc7c56)cc4)c4ccccc4-c4ccc(-c5ccccc5)cc4)c23)cc(C(C)(C)C)c1. The van der Waals surface area contributed by atoms with Gasteiger partial charge in [-0.15, -0.1) is 0 Å². The molecule has 0 aliphatic heterocycles. The fourth-order valence-electron chi connectivity index (χ4n) is 9.95. The largest absolute Gasteiger partial charge is 0.456 e. The number of hydrogen-bond acceptors (Lipinski definition) is 2. The second-order valence-electron chi connectivity index (χ2n) is 20.1. The van der Waals surface area contributed by atoms with Crippen molar-refractivity contribution in [1.29, 1.82) is 0 Å². The van der Waals surface area contributed by atoms with Crippen molar-refractivity contribution in [2.45, 2.75) is 52.4 Å². The Morgan fingerprint density at radius 2 is 0.794 bits per heavy atom. The van der Waals surface area contributed by atoms with Crippen molar-refractivity contribution in [3.05, 3.63) is 236 Å². The number of rotatable bonds is 8. The van der Waals surface area contributed by atoms with Gasteiger partial charge in [0.15, 0.2) is 0 Å². The van der Waals surface area contributed by atoms with Crippen LogP contribution >= 0.6 is 0 Å². The van der Waals surface area contributed by atoms with Gasteiger partial charge < -0.3 is 9.32 Å². The summed E-state index contributed by atoms with van der Waals surface area (Å²) in [6.07, 6.45) is 0. The molecule has 0 saturated heterocycles. The van der Waals surface area contributed by atoms with Gasteiger partial charge in [-0.05, 0) is 114 Å². The van der Waals surface area contributed by atoms with Crippen LogP contribution in [0.4, 0.5) is 17.1 Å². The van der Waals surface area contributed by atoms with Gasteiger partial charge in [-0.2, -0.15) is 0 Å². The summed E-state index contributed by atoms with van der Waals surface area (Å²) in [5.41, 5.74) is 19.5. The topological polar surface area (TPSA) is 16.4 Å². The molecule has 0 spiro atoms. The highest BCUT2D eigenvalue weighted by Crippen LogP contribution is 2.48. The lowest BCUT2D eigenvalue weighted by Gasteiger charge is -2.30. The minimum absolute atomic E-state index is 0.0137. The van der Waals surface area contributed by atoms with Crippen molar-refractivity contribution in [2.75, 3.05) is 4.90 Å². The molecule has 0 aliphatic carbocycles. The summed E-state index contributed by atoms with van der Waals surface area (Å²) in [4.78, 5) is 2.47. The average Bonchev–Trinajstić information content (AvgIpc) is 3.76. The lowest BCUT2D eigenvalue weighted by atomic mass is 9.78. The molecule has 2 heteroatoms. The van der Waals surface area contributed by atoms with Crippen molar-refractivity contribution in [1.82, 2.24) is 0 Å². The molecule has 0 bridgehead atoms. The number of benzene rings is 10. The number of furan rings is 1. The predicted octanol–water partition coefficient (Wildman–Crippen LogP) is 19.1. The number of hydrogen-bond donors (Lipinski definition) is 0. The summed E-state index contributed by atoms with van der Waals surface area (Å²) in [7, 11) is 0. The highest BCUT2D eigenvalue weighted by molar-refractivity contribution is 6.13. The molecule has 1 heterocycles. The van der Waals surface area contributed by atoms with Gasteiger partial charge in [0.2, 0.25) is 0 Å². The number of fused-ring (bicyclic) bond motifs is 4. The molecular formula is C66H55NO. The normalized spacial score (nSPS) is 12.0. The lowest BCUT2D eigenvalue weighted by molar-refractivity contribution is 0.569. The fourth-order valence-corrected chi connectivity index (χ4v) is 9.95. The van der Waals surface area contributed by atoms with Crippen LogP contribution in [0.5, 0.6) is 0 Å². The van der Waals surface area contributed by atoms with Gasteiger partial charge in [0.25, 0.3) is 0 Å². The van der Waals surface area contributed by atoms with Crippen LogP contribution in [0.25, 0.3) is 88.3 Å². The average molecular weight is 878 g/mol. The van der Waals surface area contributed by atoms with Crippen LogP contribution in [0, 0.1) is 0 Å². The van der Waals surface area contributed by atoms with Crippen molar-refractivity contribution in [3.63, 3.8) is 0 Å². The van der Waals surface area contributed by atoms with Gasteiger partial charge in [0.1, 0.15) is 11.2 Å². The van der Waals surface area contributed by atoms with Gasteiger partial charge in [-0.25, -0.2) is 0 Å². The third-order valence-corrected chi connectivity index (χ3v) is 13.6. The highest BCUT2D eigenvalue weighted by atomic mass is 16.3. The van der Waals surface area contributed by atoms with Crippen LogP contribution in [0.1, 0.15) is 52.7 Å². The molecule has 0 aliphatic rings. The quantitative estimate of drug-likeness (QED) is 0.151. The van der Waals surface area contributed by atoms with E-state index in [2.05, 4.69) is 265 Å². The van der Waals surface area contributed by atoms with E-state index in [1.54, 1.807) is 0 Å². The zero-order valence-electron chi connectivity index (χ0n) is 39.7. The molecule has 11 rings (SSSR count). The molecule has 68 heavy (non-hydrogen) atoms. The Morgan fingerprint density at radius 1 is 0.324 bits per heavy atom. The molecule has 330 valence electrons. The smallest absolute Gasteiger partial charge is 0.136 e. The standard InChI is InChI=1S/C66H55NO/c1-65(2,3)50-41-49(42-51(43-50)66(4,5)6)55-26-16-21-48-22-17-28-57(63(48)55)56-24-11-14-30-60(56)67(59-29-13-10-23-53(59)46-35-33-45(34-36-46)44-19-8-7-9-20-44)52-39-37-47(38-40-52)54-27-18-32-62-64(54)58-25-12-15-31-61(58)68-62/h7-43H,1-6H3. The Kier molecular flexibility index (Phi) is 10.7. The second-order valence-corrected chi connectivity index (χ2v) is 20.1. The minimum atomic E-state index is -0.0137. The Morgan fingerprint density at radius 3 is 1.47 bits per heavy atom. The van der Waals surface area contributed by atoms with Gasteiger partial charge in [-0.1, -0.05) is 230 Å². The van der Waals surface area contributed by atoms with E-state index in [0.29, 0.717) is 0 Å². The highest BCUT2D eigenvalue weighted by Gasteiger charge is 2.25. The first-order valence-electron chi connectivity index (χ1n) is 23.8. The van der Waals surface area contributed by atoms with Crippen molar-refractivity contribution >= 4 is 49.8 Å². The molecule has 0 N–H and O–H groups in total. The summed E-state index contributed by atoms with van der Waals surface area (Å²) in [6, 6.07) is 82.1. The van der Waals surface area contributed by atoms with Crippen LogP contribution in [0.15, 0.2) is 229 Å². The maximum atomic E-state index is 6.34. The summed E-state index contributed by atoms with van der Waals surface area (Å²) in [6.45, 7) is 13.9. The van der Waals surface area contributed by atoms with E-state index in [1.807, 2.05) is 6.07 Å². The van der Waals surface area contributed by atoms with E-state index in [1.165, 1.54) is 49.7 Å². The second kappa shape index (κ2) is 17.0. The van der Waals surface area contributed by atoms with E-state index in [4.69, 9.17) is 4.42 Å². The Labute approximate surface area is 400 Å². The molecule has 2 nitrogen and oxygen atoms in total. The van der Waals surface area contributed by atoms with E-state index >= 15 is 0 Å². The number of nitrogens with zero attached hydrogens (tertiary/aromatic N) is 1. The monoisotopic (exact) mass is 877 g/mol. The number of para-hydroxylation sites is 3. The first-order valence-corrected chi connectivity index (χ1v) is 23.8. The van der Waals surface area contributed by atoms with Crippen LogP contribution in [-0.4, -0.2) is 0 Å². The van der Waals surface area contributed by atoms with Crippen LogP contribution in [0.2, 0.25) is 0 Å². The van der Waals surface area contributed by atoms with E-state index in [-0.39, 0.29) is 10.8 Å². The lowest BCUT2D eigenvalue weighted by Crippen LogP contribution is -2.16. The zero-order chi connectivity index (χ0) is 46.6. The first kappa shape index (κ1) is 42.7. The van der Waals surface area contributed by atoms with Gasteiger partial charge in [-0.3, -0.25) is 0 Å². The number of anilines is 3. The summed E-state index contributed by atoms with van der Waals surface area (Å²) >= 11 is 0. The molecule has 11 aromatic rings. The molecule has 0 unspecified atom stereocenters. The maximum absolute atomic E-state index is 6.34. The summed E-state index contributed by atoms with van der Waals surface area (Å²) < 4.78 is 6.34. The van der Waals surface area contributed by atoms with E-state index in [9.17, 15) is 0 Å². The van der Waals surface area contributed by atoms with Crippen molar-refractivity contribution in [2.24, 2.45) is 0 Å². The third kappa shape index (κ3) is 7.86. The molecular weight excluding hydrogens is 823 g/mol. The molecule has 0 atom stereocenters. The van der Waals surface area contributed by atoms with Gasteiger partial charge in [0.05, 0.1) is 11.4 Å². The van der Waals surface area contributed by atoms with Crippen LogP contribution in [0.3, 0.4) is 0 Å². The molecule has 0 radical (unpaired) electrons. The third-order valence-electron chi connectivity index (χ3n) is 13.6.